The minimum absolute atomic E-state index is 0.178. The number of pyridine rings is 2. The molecule has 288 valence electrons. The Kier molecular flexibility index (Phi) is 11.1. The fourth-order valence-electron chi connectivity index (χ4n) is 6.96. The van der Waals surface area contributed by atoms with E-state index in [9.17, 15) is 19.8 Å². The number of carboxylic acids is 2. The molecule has 0 saturated heterocycles. The molecule has 12 heteroatoms. The third-order valence-corrected chi connectivity index (χ3v) is 10.7. The molecule has 3 aromatic carbocycles. The topological polar surface area (TPSA) is 158 Å². The first kappa shape index (κ1) is 38.8. The lowest BCUT2D eigenvalue weighted by Crippen LogP contribution is -2.06. The summed E-state index contributed by atoms with van der Waals surface area (Å²) >= 11 is 3.58. The number of nitrogens with zero attached hydrogens (tertiary/aromatic N) is 5. The summed E-state index contributed by atoms with van der Waals surface area (Å²) in [6.45, 7) is 4.00. The molecule has 0 aliphatic heterocycles. The number of hydrogen-bond donors (Lipinski definition) is 4. The van der Waals surface area contributed by atoms with Gasteiger partial charge < -0.3 is 30.0 Å². The van der Waals surface area contributed by atoms with E-state index in [0.717, 1.165) is 85.6 Å². The summed E-state index contributed by atoms with van der Waals surface area (Å²) in [5, 5.41) is 36.8. The molecule has 2 aliphatic rings. The number of fused-ring (bicyclic) bond motifs is 2. The SMILES string of the molecule is CC.Cn1ccc2cc(Nc3ncc(C4CC4)cc3C(=O)O)cc(-c3ccc(C#N)cc3)c21.Cn1ccc2cc(Nc3ncc(C4CC4)cc3C(=O)O)cc(Br)c21. The summed E-state index contributed by atoms with van der Waals surface area (Å²) in [4.78, 5) is 32.3. The molecule has 7 aromatic rings. The standard InChI is InChI=1S/C25H20N4O2.C18H16BrN3O2.C2H6/c1-29-9-8-18-10-20(12-21(23(18)29)17-4-2-15(13-26)3-5-17)28-24-22(25(30)31)11-19(14-27-24)16-6-7-16;1-22-5-4-11-6-13(8-15(19)16(11)22)21-17-14(18(23)24)7-12(9-20-17)10-2-3-10;1-2/h2-5,8-12,14,16H,6-7H2,1H3,(H,27,28)(H,30,31);4-10H,2-3H2,1H3,(H,20,21)(H,23,24);1-2H3. The molecule has 0 amide bonds. The Balaban J connectivity index is 0.000000172. The average molecular weight is 825 g/mol. The van der Waals surface area contributed by atoms with Gasteiger partial charge in [-0.05, 0) is 131 Å². The molecule has 0 radical (unpaired) electrons. The minimum Gasteiger partial charge on any atom is -0.478 e. The maximum atomic E-state index is 11.9. The van der Waals surface area contributed by atoms with Crippen molar-refractivity contribution in [3.05, 3.63) is 130 Å². The van der Waals surface area contributed by atoms with Gasteiger partial charge in [-0.3, -0.25) is 0 Å². The molecule has 2 saturated carbocycles. The van der Waals surface area contributed by atoms with Crippen molar-refractivity contribution in [3.8, 4) is 17.2 Å². The maximum Gasteiger partial charge on any atom is 0.339 e. The number of carboxylic acid groups (broad SMARTS) is 2. The average Bonchev–Trinajstić information content (AvgIpc) is 4.16. The first-order valence-electron chi connectivity index (χ1n) is 18.9. The first-order chi connectivity index (χ1) is 27.6. The van der Waals surface area contributed by atoms with E-state index in [4.69, 9.17) is 5.26 Å². The van der Waals surface area contributed by atoms with Gasteiger partial charge in [-0.2, -0.15) is 5.26 Å². The van der Waals surface area contributed by atoms with Crippen LogP contribution in [0.4, 0.5) is 23.0 Å². The zero-order valence-corrected chi connectivity index (χ0v) is 33.6. The predicted molar refractivity (Wildman–Crippen MR) is 228 cm³/mol. The van der Waals surface area contributed by atoms with Gasteiger partial charge in [-0.25, -0.2) is 19.6 Å². The van der Waals surface area contributed by atoms with Crippen molar-refractivity contribution >= 4 is 72.7 Å². The molecule has 9 rings (SSSR count). The second-order valence-electron chi connectivity index (χ2n) is 14.1. The van der Waals surface area contributed by atoms with Crippen LogP contribution >= 0.6 is 15.9 Å². The molecule has 4 aromatic heterocycles. The van der Waals surface area contributed by atoms with Gasteiger partial charge in [0.2, 0.25) is 0 Å². The number of aromatic carboxylic acids is 2. The van der Waals surface area contributed by atoms with E-state index in [1.165, 1.54) is 0 Å². The van der Waals surface area contributed by atoms with Crippen LogP contribution in [0.2, 0.25) is 0 Å². The van der Waals surface area contributed by atoms with Crippen LogP contribution in [0.1, 0.15) is 88.8 Å². The van der Waals surface area contributed by atoms with Gasteiger partial charge in [0.25, 0.3) is 0 Å². The first-order valence-corrected chi connectivity index (χ1v) is 19.7. The fourth-order valence-corrected chi connectivity index (χ4v) is 7.71. The third-order valence-electron chi connectivity index (χ3n) is 10.1. The molecular formula is C45H42BrN7O4. The summed E-state index contributed by atoms with van der Waals surface area (Å²) in [6, 6.07) is 25.0. The summed E-state index contributed by atoms with van der Waals surface area (Å²) in [6.07, 6.45) is 11.9. The summed E-state index contributed by atoms with van der Waals surface area (Å²) < 4.78 is 5.04. The van der Waals surface area contributed by atoms with Crippen LogP contribution in [-0.4, -0.2) is 41.3 Å². The van der Waals surface area contributed by atoms with Gasteiger partial charge >= 0.3 is 11.9 Å². The van der Waals surface area contributed by atoms with Crippen molar-refractivity contribution in [2.24, 2.45) is 14.1 Å². The molecule has 57 heavy (non-hydrogen) atoms. The van der Waals surface area contributed by atoms with E-state index >= 15 is 0 Å². The number of aromatic nitrogens is 4. The monoisotopic (exact) mass is 823 g/mol. The summed E-state index contributed by atoms with van der Waals surface area (Å²) in [5.74, 6) is -0.354. The number of benzene rings is 3. The molecular weight excluding hydrogens is 782 g/mol. The normalized spacial score (nSPS) is 13.2. The highest BCUT2D eigenvalue weighted by molar-refractivity contribution is 9.10. The highest BCUT2D eigenvalue weighted by atomic mass is 79.9. The van der Waals surface area contributed by atoms with Crippen molar-refractivity contribution in [3.63, 3.8) is 0 Å². The van der Waals surface area contributed by atoms with Crippen LogP contribution in [0, 0.1) is 11.3 Å². The van der Waals surface area contributed by atoms with Gasteiger partial charge in [0.1, 0.15) is 22.8 Å². The molecule has 4 N–H and O–H groups in total. The second-order valence-corrected chi connectivity index (χ2v) is 15.0. The number of aryl methyl sites for hydroxylation is 2. The van der Waals surface area contributed by atoms with Crippen LogP contribution < -0.4 is 10.6 Å². The van der Waals surface area contributed by atoms with Gasteiger partial charge in [0.15, 0.2) is 0 Å². The molecule has 0 bridgehead atoms. The molecule has 4 heterocycles. The predicted octanol–water partition coefficient (Wildman–Crippen LogP) is 11.1. The molecule has 0 atom stereocenters. The van der Waals surface area contributed by atoms with E-state index in [1.807, 2.05) is 93.4 Å². The van der Waals surface area contributed by atoms with Crippen molar-refractivity contribution in [1.29, 1.82) is 5.26 Å². The molecule has 2 aliphatic carbocycles. The minimum atomic E-state index is -0.995. The number of carbonyl (C=O) groups is 2. The number of halogens is 1. The van der Waals surface area contributed by atoms with E-state index < -0.39 is 11.9 Å². The Morgan fingerprint density at radius 3 is 1.67 bits per heavy atom. The van der Waals surface area contributed by atoms with Crippen LogP contribution in [0.3, 0.4) is 0 Å². The zero-order valence-electron chi connectivity index (χ0n) is 32.0. The van der Waals surface area contributed by atoms with Crippen molar-refractivity contribution in [2.45, 2.75) is 51.4 Å². The Labute approximate surface area is 338 Å². The zero-order chi connectivity index (χ0) is 40.4. The largest absolute Gasteiger partial charge is 0.478 e. The van der Waals surface area contributed by atoms with Gasteiger partial charge in [0, 0.05) is 71.1 Å². The Bertz CT molecular complexity index is 2690. The van der Waals surface area contributed by atoms with Crippen LogP contribution in [0.25, 0.3) is 32.9 Å². The lowest BCUT2D eigenvalue weighted by Gasteiger charge is -2.14. The maximum absolute atomic E-state index is 11.9. The highest BCUT2D eigenvalue weighted by Crippen LogP contribution is 2.42. The quantitative estimate of drug-likeness (QED) is 0.111. The Hall–Kier alpha value is -6.45. The lowest BCUT2D eigenvalue weighted by molar-refractivity contribution is 0.0686. The second kappa shape index (κ2) is 16.3. The number of nitrogens with one attached hydrogen (secondary N) is 2. The van der Waals surface area contributed by atoms with E-state index in [0.29, 0.717) is 29.0 Å². The summed E-state index contributed by atoms with van der Waals surface area (Å²) in [5.41, 5.74) is 8.67. The number of anilines is 4. The van der Waals surface area contributed by atoms with Gasteiger partial charge in [-0.15, -0.1) is 0 Å². The molecule has 11 nitrogen and oxygen atoms in total. The van der Waals surface area contributed by atoms with Crippen molar-refractivity contribution in [2.75, 3.05) is 10.6 Å². The Morgan fingerprint density at radius 2 is 1.19 bits per heavy atom. The van der Waals surface area contributed by atoms with Crippen molar-refractivity contribution < 1.29 is 19.8 Å². The number of hydrogen-bond acceptors (Lipinski definition) is 7. The molecule has 2 fully saturated rings. The Morgan fingerprint density at radius 1 is 0.719 bits per heavy atom. The van der Waals surface area contributed by atoms with Gasteiger partial charge in [0.05, 0.1) is 22.7 Å². The number of nitriles is 1. The third kappa shape index (κ3) is 8.39. The molecule has 0 unspecified atom stereocenters. The van der Waals surface area contributed by atoms with Crippen LogP contribution in [-0.2, 0) is 14.1 Å². The van der Waals surface area contributed by atoms with Gasteiger partial charge in [-0.1, -0.05) is 26.0 Å². The smallest absolute Gasteiger partial charge is 0.339 e. The van der Waals surface area contributed by atoms with E-state index in [1.54, 1.807) is 36.7 Å². The van der Waals surface area contributed by atoms with Crippen LogP contribution in [0.5, 0.6) is 0 Å². The van der Waals surface area contributed by atoms with E-state index in [2.05, 4.69) is 47.2 Å². The highest BCUT2D eigenvalue weighted by Gasteiger charge is 2.27. The number of rotatable bonds is 9. The summed E-state index contributed by atoms with van der Waals surface area (Å²) in [7, 11) is 3.98. The van der Waals surface area contributed by atoms with Crippen molar-refractivity contribution in [1.82, 2.24) is 19.1 Å². The van der Waals surface area contributed by atoms with E-state index in [-0.39, 0.29) is 11.1 Å². The fraction of sp³-hybridized carbons (Fsp3) is 0.222. The molecule has 0 spiro atoms. The van der Waals surface area contributed by atoms with Crippen LogP contribution in [0.15, 0.2) is 102 Å². The lowest BCUT2D eigenvalue weighted by atomic mass is 10.0.